The second-order valence-corrected chi connectivity index (χ2v) is 6.41. The molecule has 23 heavy (non-hydrogen) atoms. The number of nitrogens with zero attached hydrogens (tertiary/aromatic N) is 6. The molecule has 118 valence electrons. The van der Waals surface area contributed by atoms with Gasteiger partial charge in [0.2, 0.25) is 0 Å². The average molecular weight is 326 g/mol. The van der Waals surface area contributed by atoms with Crippen molar-refractivity contribution in [3.8, 4) is 5.69 Å². The second-order valence-electron chi connectivity index (χ2n) is 5.54. The van der Waals surface area contributed by atoms with Crippen molar-refractivity contribution >= 4 is 16.5 Å². The molecule has 0 radical (unpaired) electrons. The van der Waals surface area contributed by atoms with Crippen molar-refractivity contribution in [2.24, 2.45) is 0 Å². The molecule has 6 nitrogen and oxygen atoms in total. The molecule has 0 amide bonds. The van der Waals surface area contributed by atoms with Crippen molar-refractivity contribution in [3.63, 3.8) is 0 Å². The van der Waals surface area contributed by atoms with Gasteiger partial charge in [0.25, 0.3) is 0 Å². The standard InChI is InChI=1S/C16H18N6S/c1-2-4-15(5-3-1)22-18-12-14(19-22)13-20-7-9-21(10-8-20)16-17-6-11-23-16/h1-6,11-12H,7-10,13H2. The first-order chi connectivity index (χ1) is 11.4. The summed E-state index contributed by atoms with van der Waals surface area (Å²) >= 11 is 1.71. The number of hydrogen-bond acceptors (Lipinski definition) is 6. The Morgan fingerprint density at radius 2 is 1.87 bits per heavy atom. The highest BCUT2D eigenvalue weighted by Crippen LogP contribution is 2.19. The van der Waals surface area contributed by atoms with E-state index in [1.54, 1.807) is 16.1 Å². The SMILES string of the molecule is c1ccc(-n2ncc(CN3CCN(c4nccs4)CC3)n2)cc1. The lowest BCUT2D eigenvalue weighted by Gasteiger charge is -2.34. The number of aromatic nitrogens is 4. The Morgan fingerprint density at radius 1 is 1.04 bits per heavy atom. The molecule has 0 N–H and O–H groups in total. The monoisotopic (exact) mass is 326 g/mol. The molecule has 0 bridgehead atoms. The van der Waals surface area contributed by atoms with Crippen molar-refractivity contribution in [1.29, 1.82) is 0 Å². The van der Waals surface area contributed by atoms with Crippen LogP contribution >= 0.6 is 11.3 Å². The van der Waals surface area contributed by atoms with Gasteiger partial charge in [0.1, 0.15) is 0 Å². The number of anilines is 1. The Labute approximate surface area is 139 Å². The number of benzene rings is 1. The van der Waals surface area contributed by atoms with Gasteiger partial charge in [-0.1, -0.05) is 18.2 Å². The van der Waals surface area contributed by atoms with Gasteiger partial charge < -0.3 is 4.90 Å². The molecule has 0 aliphatic carbocycles. The van der Waals surface area contributed by atoms with Gasteiger partial charge in [-0.25, -0.2) is 4.98 Å². The van der Waals surface area contributed by atoms with Crippen molar-refractivity contribution < 1.29 is 0 Å². The molecule has 0 saturated carbocycles. The minimum atomic E-state index is 0.846. The van der Waals surface area contributed by atoms with Crippen LogP contribution in [0.3, 0.4) is 0 Å². The van der Waals surface area contributed by atoms with Crippen LogP contribution in [0.1, 0.15) is 5.69 Å². The number of piperazine rings is 1. The molecule has 0 spiro atoms. The first kappa shape index (κ1) is 14.3. The fraction of sp³-hybridized carbons (Fsp3) is 0.312. The maximum absolute atomic E-state index is 4.58. The molecule has 1 aliphatic rings. The van der Waals surface area contributed by atoms with Gasteiger partial charge >= 0.3 is 0 Å². The second kappa shape index (κ2) is 6.47. The summed E-state index contributed by atoms with van der Waals surface area (Å²) in [6.07, 6.45) is 3.73. The van der Waals surface area contributed by atoms with Crippen LogP contribution in [0.25, 0.3) is 5.69 Å². The number of hydrogen-bond donors (Lipinski definition) is 0. The highest BCUT2D eigenvalue weighted by atomic mass is 32.1. The van der Waals surface area contributed by atoms with Gasteiger partial charge in [-0.2, -0.15) is 15.0 Å². The molecule has 0 atom stereocenters. The van der Waals surface area contributed by atoms with E-state index in [0.717, 1.165) is 49.2 Å². The normalized spacial score (nSPS) is 15.9. The average Bonchev–Trinajstić information content (AvgIpc) is 3.28. The van der Waals surface area contributed by atoms with E-state index in [1.807, 2.05) is 48.1 Å². The highest BCUT2D eigenvalue weighted by Gasteiger charge is 2.19. The zero-order valence-corrected chi connectivity index (χ0v) is 13.6. The number of para-hydroxylation sites is 1. The van der Waals surface area contributed by atoms with Gasteiger partial charge in [0.15, 0.2) is 5.13 Å². The molecule has 1 aliphatic heterocycles. The summed E-state index contributed by atoms with van der Waals surface area (Å²) in [5.74, 6) is 0. The maximum atomic E-state index is 4.58. The zero-order chi connectivity index (χ0) is 15.5. The van der Waals surface area contributed by atoms with Crippen LogP contribution in [0.5, 0.6) is 0 Å². The maximum Gasteiger partial charge on any atom is 0.185 e. The van der Waals surface area contributed by atoms with Crippen LogP contribution in [0.15, 0.2) is 48.1 Å². The third kappa shape index (κ3) is 3.25. The van der Waals surface area contributed by atoms with E-state index in [2.05, 4.69) is 25.0 Å². The van der Waals surface area contributed by atoms with Crippen molar-refractivity contribution in [2.75, 3.05) is 31.1 Å². The first-order valence-electron chi connectivity index (χ1n) is 7.72. The Kier molecular flexibility index (Phi) is 4.04. The summed E-state index contributed by atoms with van der Waals surface area (Å²) in [6.45, 7) is 4.93. The van der Waals surface area contributed by atoms with Gasteiger partial charge in [-0.15, -0.1) is 11.3 Å². The Balaban J connectivity index is 1.36. The predicted octanol–water partition coefficient (Wildman–Crippen LogP) is 2.05. The minimum absolute atomic E-state index is 0.846. The summed E-state index contributed by atoms with van der Waals surface area (Å²) in [7, 11) is 0. The molecule has 7 heteroatoms. The summed E-state index contributed by atoms with van der Waals surface area (Å²) in [5.41, 5.74) is 2.00. The first-order valence-corrected chi connectivity index (χ1v) is 8.60. The van der Waals surface area contributed by atoms with E-state index in [-0.39, 0.29) is 0 Å². The van der Waals surface area contributed by atoms with Gasteiger partial charge in [-0.05, 0) is 12.1 Å². The fourth-order valence-electron chi connectivity index (χ4n) is 2.75. The molecule has 4 rings (SSSR count). The van der Waals surface area contributed by atoms with Crippen LogP contribution in [-0.4, -0.2) is 51.1 Å². The van der Waals surface area contributed by atoms with Crippen LogP contribution in [-0.2, 0) is 6.54 Å². The van der Waals surface area contributed by atoms with Crippen LogP contribution in [0.4, 0.5) is 5.13 Å². The minimum Gasteiger partial charge on any atom is -0.346 e. The Bertz CT molecular complexity index is 731. The summed E-state index contributed by atoms with van der Waals surface area (Å²) in [4.78, 5) is 10.9. The number of rotatable bonds is 4. The molecule has 3 aromatic rings. The lowest BCUT2D eigenvalue weighted by atomic mass is 10.3. The third-order valence-corrected chi connectivity index (χ3v) is 4.81. The van der Waals surface area contributed by atoms with E-state index in [9.17, 15) is 0 Å². The Hall–Kier alpha value is -2.25. The topological polar surface area (TPSA) is 50.1 Å². The van der Waals surface area contributed by atoms with E-state index < -0.39 is 0 Å². The zero-order valence-electron chi connectivity index (χ0n) is 12.7. The van der Waals surface area contributed by atoms with E-state index in [0.29, 0.717) is 0 Å². The van der Waals surface area contributed by atoms with Crippen molar-refractivity contribution in [2.45, 2.75) is 6.54 Å². The fourth-order valence-corrected chi connectivity index (χ4v) is 3.45. The Morgan fingerprint density at radius 3 is 2.61 bits per heavy atom. The van der Waals surface area contributed by atoms with Crippen LogP contribution in [0, 0.1) is 0 Å². The van der Waals surface area contributed by atoms with Crippen molar-refractivity contribution in [1.82, 2.24) is 24.9 Å². The van der Waals surface area contributed by atoms with Gasteiger partial charge in [0.05, 0.1) is 17.6 Å². The molecule has 3 heterocycles. The van der Waals surface area contributed by atoms with Gasteiger partial charge in [-0.3, -0.25) is 4.90 Å². The summed E-state index contributed by atoms with van der Waals surface area (Å²) < 4.78 is 0. The van der Waals surface area contributed by atoms with Gasteiger partial charge in [0, 0.05) is 44.3 Å². The number of thiazole rings is 1. The van der Waals surface area contributed by atoms with Crippen molar-refractivity contribution in [3.05, 3.63) is 53.8 Å². The van der Waals surface area contributed by atoms with Crippen LogP contribution < -0.4 is 4.90 Å². The van der Waals surface area contributed by atoms with E-state index in [4.69, 9.17) is 0 Å². The summed E-state index contributed by atoms with van der Waals surface area (Å²) in [5, 5.41) is 12.1. The summed E-state index contributed by atoms with van der Waals surface area (Å²) in [6, 6.07) is 10.0. The van der Waals surface area contributed by atoms with E-state index in [1.165, 1.54) is 0 Å². The lowest BCUT2D eigenvalue weighted by Crippen LogP contribution is -2.46. The third-order valence-electron chi connectivity index (χ3n) is 3.97. The predicted molar refractivity (Wildman–Crippen MR) is 91.0 cm³/mol. The highest BCUT2D eigenvalue weighted by molar-refractivity contribution is 7.13. The molecule has 1 saturated heterocycles. The smallest absolute Gasteiger partial charge is 0.185 e. The lowest BCUT2D eigenvalue weighted by molar-refractivity contribution is 0.246. The van der Waals surface area contributed by atoms with Crippen LogP contribution in [0.2, 0.25) is 0 Å². The molecule has 0 unspecified atom stereocenters. The molecule has 2 aromatic heterocycles. The molecule has 1 aromatic carbocycles. The molecule has 1 fully saturated rings. The van der Waals surface area contributed by atoms with E-state index >= 15 is 0 Å². The molecular formula is C16H18N6S. The quantitative estimate of drug-likeness (QED) is 0.734. The largest absolute Gasteiger partial charge is 0.346 e. The molecular weight excluding hydrogens is 308 g/mol.